The molecular formula is C32H39F2N3O4. The molecule has 4 rings (SSSR count). The number of nitrogens with one attached hydrogen (secondary N) is 2. The lowest BCUT2D eigenvalue weighted by atomic mass is 9.73. The van der Waals surface area contributed by atoms with Crippen molar-refractivity contribution in [1.82, 2.24) is 15.6 Å². The Bertz CT molecular complexity index is 1320. The molecule has 2 heterocycles. The highest BCUT2D eigenvalue weighted by molar-refractivity contribution is 5.73. The van der Waals surface area contributed by atoms with Crippen molar-refractivity contribution < 1.29 is 28.2 Å². The van der Waals surface area contributed by atoms with E-state index in [9.17, 15) is 18.7 Å². The van der Waals surface area contributed by atoms with Crippen LogP contribution in [0.2, 0.25) is 0 Å². The second-order valence-corrected chi connectivity index (χ2v) is 10.7. The standard InChI is InChI=1S/C32H39F2N3O4/c1-22-16-26(28-7-5-4-6-25(28)12-14-36-23(2)38)9-10-27(22)29-18-35-15-13-32(29,39)30-11-8-24(17-37-30)19-41-21-31(33,34)20-40-3/h4-11,16-17,29,35,39H,12-15,18-21H2,1-3H3,(H,36,38)/t29-,32-/m1/s1. The first-order valence-corrected chi connectivity index (χ1v) is 13.9. The highest BCUT2D eigenvalue weighted by Gasteiger charge is 2.43. The summed E-state index contributed by atoms with van der Waals surface area (Å²) in [6, 6.07) is 18.0. The predicted molar refractivity (Wildman–Crippen MR) is 154 cm³/mol. The fourth-order valence-electron chi connectivity index (χ4n) is 5.51. The molecule has 3 aromatic rings. The van der Waals surface area contributed by atoms with Gasteiger partial charge in [-0.3, -0.25) is 9.78 Å². The Morgan fingerprint density at radius 2 is 2.00 bits per heavy atom. The molecule has 0 unspecified atom stereocenters. The third kappa shape index (κ3) is 7.74. The van der Waals surface area contributed by atoms with Gasteiger partial charge in [-0.2, -0.15) is 0 Å². The molecule has 0 saturated carbocycles. The van der Waals surface area contributed by atoms with Crippen molar-refractivity contribution >= 4 is 5.91 Å². The lowest BCUT2D eigenvalue weighted by Gasteiger charge is -2.41. The Morgan fingerprint density at radius 3 is 2.71 bits per heavy atom. The number of carbonyl (C=O) groups excluding carboxylic acids is 1. The number of benzene rings is 2. The van der Waals surface area contributed by atoms with E-state index in [1.807, 2.05) is 12.1 Å². The van der Waals surface area contributed by atoms with Gasteiger partial charge in [0.1, 0.15) is 18.8 Å². The molecule has 2 aromatic carbocycles. The van der Waals surface area contributed by atoms with Crippen molar-refractivity contribution in [2.24, 2.45) is 0 Å². The second kappa shape index (κ2) is 13.6. The highest BCUT2D eigenvalue weighted by Crippen LogP contribution is 2.42. The van der Waals surface area contributed by atoms with Gasteiger partial charge in [0.2, 0.25) is 5.91 Å². The van der Waals surface area contributed by atoms with Gasteiger partial charge in [-0.25, -0.2) is 8.78 Å². The maximum atomic E-state index is 13.6. The minimum atomic E-state index is -3.05. The summed E-state index contributed by atoms with van der Waals surface area (Å²) in [4.78, 5) is 15.9. The summed E-state index contributed by atoms with van der Waals surface area (Å²) < 4.78 is 36.9. The van der Waals surface area contributed by atoms with Crippen LogP contribution in [-0.2, 0) is 32.9 Å². The van der Waals surface area contributed by atoms with Gasteiger partial charge in [0.05, 0.1) is 12.3 Å². The van der Waals surface area contributed by atoms with Gasteiger partial charge >= 0.3 is 0 Å². The summed E-state index contributed by atoms with van der Waals surface area (Å²) >= 11 is 0. The van der Waals surface area contributed by atoms with Crippen LogP contribution in [0.15, 0.2) is 60.8 Å². The number of alkyl halides is 2. The van der Waals surface area contributed by atoms with E-state index < -0.39 is 24.7 Å². The molecule has 1 aliphatic rings. The van der Waals surface area contributed by atoms with Gasteiger partial charge in [0.15, 0.2) is 0 Å². The Labute approximate surface area is 240 Å². The number of aryl methyl sites for hydroxylation is 1. The monoisotopic (exact) mass is 567 g/mol. The van der Waals surface area contributed by atoms with Gasteiger partial charge in [-0.05, 0) is 65.8 Å². The van der Waals surface area contributed by atoms with Gasteiger partial charge in [0, 0.05) is 39.2 Å². The first-order chi connectivity index (χ1) is 19.6. The molecule has 0 aliphatic carbocycles. The smallest absolute Gasteiger partial charge is 0.293 e. The molecule has 1 aliphatic heterocycles. The second-order valence-electron chi connectivity index (χ2n) is 10.7. The van der Waals surface area contributed by atoms with Gasteiger partial charge < -0.3 is 25.2 Å². The number of ether oxygens (including phenoxy) is 2. The molecule has 1 amide bonds. The summed E-state index contributed by atoms with van der Waals surface area (Å²) in [6.45, 7) is 3.93. The number of amides is 1. The molecule has 0 spiro atoms. The van der Waals surface area contributed by atoms with Crippen LogP contribution in [-0.4, -0.2) is 61.9 Å². The van der Waals surface area contributed by atoms with Crippen LogP contribution >= 0.6 is 0 Å². The molecule has 220 valence electrons. The minimum Gasteiger partial charge on any atom is -0.383 e. The zero-order valence-corrected chi connectivity index (χ0v) is 23.9. The van der Waals surface area contributed by atoms with Crippen molar-refractivity contribution in [2.45, 2.75) is 50.7 Å². The van der Waals surface area contributed by atoms with Crippen molar-refractivity contribution in [2.75, 3.05) is 40.0 Å². The lowest BCUT2D eigenvalue weighted by Crippen LogP contribution is -2.47. The van der Waals surface area contributed by atoms with Gasteiger partial charge in [0.25, 0.3) is 5.92 Å². The molecule has 1 saturated heterocycles. The number of hydrogen-bond donors (Lipinski definition) is 3. The lowest BCUT2D eigenvalue weighted by molar-refractivity contribution is -0.119. The zero-order valence-electron chi connectivity index (χ0n) is 23.9. The number of nitrogens with zero attached hydrogens (tertiary/aromatic N) is 1. The van der Waals surface area contributed by atoms with Crippen molar-refractivity contribution in [3.8, 4) is 11.1 Å². The van der Waals surface area contributed by atoms with E-state index in [2.05, 4.69) is 57.6 Å². The average Bonchev–Trinajstić information content (AvgIpc) is 2.94. The molecule has 3 N–H and O–H groups in total. The molecule has 0 radical (unpaired) electrons. The minimum absolute atomic E-state index is 0.0111. The van der Waals surface area contributed by atoms with Crippen LogP contribution < -0.4 is 10.6 Å². The first-order valence-electron chi connectivity index (χ1n) is 13.9. The molecule has 1 aromatic heterocycles. The maximum Gasteiger partial charge on any atom is 0.293 e. The van der Waals surface area contributed by atoms with Crippen LogP contribution in [0, 0.1) is 6.92 Å². The Kier molecular flexibility index (Phi) is 10.2. The number of hydrogen-bond acceptors (Lipinski definition) is 6. The van der Waals surface area contributed by atoms with E-state index >= 15 is 0 Å². The van der Waals surface area contributed by atoms with Crippen LogP contribution in [0.25, 0.3) is 11.1 Å². The predicted octanol–water partition coefficient (Wildman–Crippen LogP) is 4.50. The maximum absolute atomic E-state index is 13.6. The van der Waals surface area contributed by atoms with Crippen LogP contribution in [0.4, 0.5) is 8.78 Å². The van der Waals surface area contributed by atoms with E-state index in [0.717, 1.165) is 34.2 Å². The molecule has 2 atom stereocenters. The molecule has 0 bridgehead atoms. The third-order valence-electron chi connectivity index (χ3n) is 7.56. The fraction of sp³-hybridized carbons (Fsp3) is 0.438. The van der Waals surface area contributed by atoms with E-state index in [0.29, 0.717) is 37.3 Å². The summed E-state index contributed by atoms with van der Waals surface area (Å²) in [5.41, 5.74) is 5.44. The fourth-order valence-corrected chi connectivity index (χ4v) is 5.51. The van der Waals surface area contributed by atoms with Gasteiger partial charge in [-0.15, -0.1) is 0 Å². The zero-order chi connectivity index (χ0) is 29.5. The number of halogens is 2. The van der Waals surface area contributed by atoms with Crippen LogP contribution in [0.5, 0.6) is 0 Å². The SMILES string of the molecule is COCC(F)(F)COCc1ccc([C@@]2(O)CCNC[C@@H]2c2ccc(-c3ccccc3CCNC(C)=O)cc2C)nc1. The number of aromatic nitrogens is 1. The summed E-state index contributed by atoms with van der Waals surface area (Å²) in [7, 11) is 1.22. The Hall–Kier alpha value is -3.24. The molecular weight excluding hydrogens is 528 g/mol. The number of pyridine rings is 1. The first kappa shape index (κ1) is 30.7. The van der Waals surface area contributed by atoms with Crippen molar-refractivity contribution in [3.63, 3.8) is 0 Å². The van der Waals surface area contributed by atoms with E-state index in [1.165, 1.54) is 14.0 Å². The van der Waals surface area contributed by atoms with Gasteiger partial charge in [-0.1, -0.05) is 48.5 Å². The Morgan fingerprint density at radius 1 is 1.20 bits per heavy atom. The summed E-state index contributed by atoms with van der Waals surface area (Å²) in [6.07, 6.45) is 2.79. The third-order valence-corrected chi connectivity index (χ3v) is 7.56. The molecule has 41 heavy (non-hydrogen) atoms. The molecule has 9 heteroatoms. The molecule has 7 nitrogen and oxygen atoms in total. The Balaban J connectivity index is 1.52. The van der Waals surface area contributed by atoms with E-state index in [-0.39, 0.29) is 18.4 Å². The van der Waals surface area contributed by atoms with Crippen molar-refractivity contribution in [1.29, 1.82) is 0 Å². The summed E-state index contributed by atoms with van der Waals surface area (Å²) in [5.74, 6) is -3.33. The molecule has 1 fully saturated rings. The number of methoxy groups -OCH3 is 1. The van der Waals surface area contributed by atoms with Crippen LogP contribution in [0.3, 0.4) is 0 Å². The van der Waals surface area contributed by atoms with E-state index in [1.54, 1.807) is 18.3 Å². The number of piperidine rings is 1. The number of aliphatic hydroxyl groups is 1. The largest absolute Gasteiger partial charge is 0.383 e. The normalized spacial score (nSPS) is 19.2. The number of rotatable bonds is 12. The number of carbonyl (C=O) groups is 1. The van der Waals surface area contributed by atoms with Crippen LogP contribution in [0.1, 0.15) is 47.2 Å². The van der Waals surface area contributed by atoms with E-state index in [4.69, 9.17) is 4.74 Å². The highest BCUT2D eigenvalue weighted by atomic mass is 19.3. The van der Waals surface area contributed by atoms with Crippen molar-refractivity contribution in [3.05, 3.63) is 88.7 Å². The topological polar surface area (TPSA) is 92.7 Å². The summed E-state index contributed by atoms with van der Waals surface area (Å²) in [5, 5.41) is 18.3. The average molecular weight is 568 g/mol. The quantitative estimate of drug-likeness (QED) is 0.299.